The van der Waals surface area contributed by atoms with Crippen molar-refractivity contribution in [1.29, 1.82) is 0 Å². The van der Waals surface area contributed by atoms with Gasteiger partial charge in [0, 0.05) is 30.2 Å². The fraction of sp³-hybridized carbons (Fsp3) is 0.824. The normalized spacial score (nSPS) is 21.0. The Labute approximate surface area is 145 Å². The zero-order chi connectivity index (χ0) is 17.6. The molecule has 0 aromatic rings. The Balaban J connectivity index is 2.34. The second kappa shape index (κ2) is 8.71. The second-order valence-electron chi connectivity index (χ2n) is 6.88. The number of hydrogen-bond acceptors (Lipinski definition) is 4. The highest BCUT2D eigenvalue weighted by Crippen LogP contribution is 2.36. The van der Waals surface area contributed by atoms with Gasteiger partial charge in [0.25, 0.3) is 0 Å². The molecule has 0 radical (unpaired) electrons. The van der Waals surface area contributed by atoms with Crippen molar-refractivity contribution >= 4 is 30.4 Å². The molecular formula is C17H30N2O3S. The number of nitrogens with zero attached hydrogens (tertiary/aromatic N) is 1. The molecule has 1 rings (SSSR count). The molecule has 1 fully saturated rings. The van der Waals surface area contributed by atoms with E-state index >= 15 is 0 Å². The third-order valence-electron chi connectivity index (χ3n) is 4.45. The summed E-state index contributed by atoms with van der Waals surface area (Å²) in [5.41, 5.74) is 0. The van der Waals surface area contributed by atoms with Crippen LogP contribution in [0.5, 0.6) is 0 Å². The van der Waals surface area contributed by atoms with Crippen LogP contribution in [0.25, 0.3) is 0 Å². The van der Waals surface area contributed by atoms with Crippen LogP contribution < -0.4 is 5.32 Å². The van der Waals surface area contributed by atoms with E-state index in [1.165, 1.54) is 4.90 Å². The Hall–Kier alpha value is -1.04. The van der Waals surface area contributed by atoms with Crippen LogP contribution >= 0.6 is 12.6 Å². The summed E-state index contributed by atoms with van der Waals surface area (Å²) in [7, 11) is 0. The van der Waals surface area contributed by atoms with Crippen molar-refractivity contribution in [3.05, 3.63) is 0 Å². The Kier molecular flexibility index (Phi) is 7.58. The second-order valence-corrected chi connectivity index (χ2v) is 7.91. The minimum atomic E-state index is -0.434. The van der Waals surface area contributed by atoms with E-state index in [1.54, 1.807) is 0 Å². The fourth-order valence-corrected chi connectivity index (χ4v) is 2.98. The van der Waals surface area contributed by atoms with Crippen LogP contribution in [-0.2, 0) is 14.4 Å². The van der Waals surface area contributed by atoms with E-state index in [4.69, 9.17) is 0 Å². The maximum atomic E-state index is 12.4. The minimum absolute atomic E-state index is 0.0576. The van der Waals surface area contributed by atoms with E-state index < -0.39 is 4.75 Å². The summed E-state index contributed by atoms with van der Waals surface area (Å²) in [6.45, 7) is 8.22. The molecule has 0 saturated carbocycles. The number of nitrogens with one attached hydrogen (secondary N) is 1. The summed E-state index contributed by atoms with van der Waals surface area (Å²) in [5.74, 6) is -0.444. The van der Waals surface area contributed by atoms with Gasteiger partial charge in [-0.05, 0) is 40.0 Å². The van der Waals surface area contributed by atoms with Gasteiger partial charge in [0.2, 0.25) is 17.7 Å². The van der Waals surface area contributed by atoms with Crippen LogP contribution in [0.2, 0.25) is 0 Å². The van der Waals surface area contributed by atoms with Gasteiger partial charge in [0.1, 0.15) is 0 Å². The molecule has 23 heavy (non-hydrogen) atoms. The van der Waals surface area contributed by atoms with Gasteiger partial charge in [0.15, 0.2) is 0 Å². The molecule has 1 saturated heterocycles. The number of carbonyl (C=O) groups is 3. The van der Waals surface area contributed by atoms with Crippen LogP contribution in [0.3, 0.4) is 0 Å². The Morgan fingerprint density at radius 3 is 2.57 bits per heavy atom. The Morgan fingerprint density at radius 2 is 2.00 bits per heavy atom. The number of rotatable bonds is 9. The van der Waals surface area contributed by atoms with E-state index in [-0.39, 0.29) is 36.1 Å². The van der Waals surface area contributed by atoms with Crippen LogP contribution in [0.4, 0.5) is 0 Å². The first-order valence-corrected chi connectivity index (χ1v) is 8.99. The van der Waals surface area contributed by atoms with E-state index in [1.807, 2.05) is 27.7 Å². The first-order valence-electron chi connectivity index (χ1n) is 8.55. The zero-order valence-electron chi connectivity index (χ0n) is 14.7. The SMILES string of the molecule is CCC(C)(S)C1CC(=O)N(CCCCCC(=O)NC(C)C)C1=O. The summed E-state index contributed by atoms with van der Waals surface area (Å²) in [4.78, 5) is 37.4. The average molecular weight is 343 g/mol. The first-order chi connectivity index (χ1) is 10.7. The van der Waals surface area contributed by atoms with Crippen molar-refractivity contribution in [3.8, 4) is 0 Å². The van der Waals surface area contributed by atoms with Crippen molar-refractivity contribution in [1.82, 2.24) is 10.2 Å². The summed E-state index contributed by atoms with van der Waals surface area (Å²) >= 11 is 4.55. The lowest BCUT2D eigenvalue weighted by Crippen LogP contribution is -2.37. The molecule has 5 nitrogen and oxygen atoms in total. The number of carbonyl (C=O) groups excluding carboxylic acids is 3. The van der Waals surface area contributed by atoms with Gasteiger partial charge in [0.05, 0.1) is 5.92 Å². The summed E-state index contributed by atoms with van der Waals surface area (Å²) < 4.78 is -0.434. The molecule has 6 heteroatoms. The molecule has 0 aromatic carbocycles. The van der Waals surface area contributed by atoms with Gasteiger partial charge in [-0.1, -0.05) is 13.3 Å². The highest BCUT2D eigenvalue weighted by atomic mass is 32.1. The third kappa shape index (κ3) is 5.83. The molecule has 0 spiro atoms. The van der Waals surface area contributed by atoms with Gasteiger partial charge in [-0.15, -0.1) is 0 Å². The largest absolute Gasteiger partial charge is 0.354 e. The molecule has 1 aliphatic rings. The molecule has 2 unspecified atom stereocenters. The standard InChI is InChI=1S/C17H30N2O3S/c1-5-17(4,23)13-11-15(21)19(16(13)22)10-8-6-7-9-14(20)18-12(2)3/h12-13,23H,5-11H2,1-4H3,(H,18,20). The molecule has 3 amide bonds. The number of likely N-dealkylation sites (tertiary alicyclic amines) is 1. The Morgan fingerprint density at radius 1 is 1.35 bits per heavy atom. The number of hydrogen-bond donors (Lipinski definition) is 2. The van der Waals surface area contributed by atoms with Crippen molar-refractivity contribution in [2.45, 2.75) is 77.0 Å². The molecule has 1 N–H and O–H groups in total. The average Bonchev–Trinajstić information content (AvgIpc) is 2.74. The smallest absolute Gasteiger partial charge is 0.234 e. The first kappa shape index (κ1) is 20.0. The fourth-order valence-electron chi connectivity index (χ4n) is 2.78. The molecule has 1 heterocycles. The van der Waals surface area contributed by atoms with Gasteiger partial charge in [-0.3, -0.25) is 19.3 Å². The summed E-state index contributed by atoms with van der Waals surface area (Å²) in [6.07, 6.45) is 3.86. The lowest BCUT2D eigenvalue weighted by Gasteiger charge is -2.27. The quantitative estimate of drug-likeness (QED) is 0.384. The zero-order valence-corrected chi connectivity index (χ0v) is 15.6. The van der Waals surface area contributed by atoms with E-state index in [0.717, 1.165) is 25.7 Å². The lowest BCUT2D eigenvalue weighted by molar-refractivity contribution is -0.139. The van der Waals surface area contributed by atoms with Crippen LogP contribution in [0.1, 0.15) is 66.2 Å². The predicted molar refractivity (Wildman–Crippen MR) is 94.3 cm³/mol. The van der Waals surface area contributed by atoms with Crippen molar-refractivity contribution in [2.24, 2.45) is 5.92 Å². The molecule has 0 bridgehead atoms. The van der Waals surface area contributed by atoms with Crippen molar-refractivity contribution < 1.29 is 14.4 Å². The van der Waals surface area contributed by atoms with Crippen LogP contribution in [0.15, 0.2) is 0 Å². The predicted octanol–water partition coefficient (Wildman–Crippen LogP) is 2.55. The van der Waals surface area contributed by atoms with Gasteiger partial charge < -0.3 is 5.32 Å². The van der Waals surface area contributed by atoms with Gasteiger partial charge in [-0.2, -0.15) is 12.6 Å². The molecule has 0 aromatic heterocycles. The molecule has 1 aliphatic heterocycles. The number of imide groups is 1. The van der Waals surface area contributed by atoms with E-state index in [9.17, 15) is 14.4 Å². The molecule has 0 aliphatic carbocycles. The maximum Gasteiger partial charge on any atom is 0.234 e. The van der Waals surface area contributed by atoms with Gasteiger partial charge in [-0.25, -0.2) is 0 Å². The highest BCUT2D eigenvalue weighted by molar-refractivity contribution is 7.81. The molecule has 132 valence electrons. The third-order valence-corrected chi connectivity index (χ3v) is 5.07. The number of amides is 3. The van der Waals surface area contributed by atoms with Crippen molar-refractivity contribution in [3.63, 3.8) is 0 Å². The molecule has 2 atom stereocenters. The van der Waals surface area contributed by atoms with E-state index in [2.05, 4.69) is 17.9 Å². The lowest BCUT2D eigenvalue weighted by atomic mass is 9.89. The van der Waals surface area contributed by atoms with E-state index in [0.29, 0.717) is 13.0 Å². The minimum Gasteiger partial charge on any atom is -0.354 e. The monoisotopic (exact) mass is 342 g/mol. The van der Waals surface area contributed by atoms with Crippen molar-refractivity contribution in [2.75, 3.05) is 6.54 Å². The van der Waals surface area contributed by atoms with Crippen LogP contribution in [-0.4, -0.2) is 40.0 Å². The van der Waals surface area contributed by atoms with Gasteiger partial charge >= 0.3 is 0 Å². The number of thiol groups is 1. The highest BCUT2D eigenvalue weighted by Gasteiger charge is 2.46. The molecular weight excluding hydrogens is 312 g/mol. The van der Waals surface area contributed by atoms with Crippen LogP contribution in [0, 0.1) is 5.92 Å². The Bertz CT molecular complexity index is 449. The number of unbranched alkanes of at least 4 members (excludes halogenated alkanes) is 2. The summed E-state index contributed by atoms with van der Waals surface area (Å²) in [5, 5.41) is 2.85. The summed E-state index contributed by atoms with van der Waals surface area (Å²) in [6, 6.07) is 0.161. The topological polar surface area (TPSA) is 66.5 Å². The maximum absolute atomic E-state index is 12.4.